The molecule has 19 heavy (non-hydrogen) atoms. The third kappa shape index (κ3) is 3.67. The van der Waals surface area contributed by atoms with Gasteiger partial charge in [-0.3, -0.25) is 4.79 Å². The Bertz CT molecular complexity index is 515. The van der Waals surface area contributed by atoms with Crippen LogP contribution in [0.1, 0.15) is 40.7 Å². The Morgan fingerprint density at radius 2 is 2.21 bits per heavy atom. The average molecular weight is 279 g/mol. The monoisotopic (exact) mass is 279 g/mol. The number of carbonyl (C=O) groups is 2. The normalized spacial score (nSPS) is 16.5. The summed E-state index contributed by atoms with van der Waals surface area (Å²) in [6.07, 6.45) is 6.06. The highest BCUT2D eigenvalue weighted by molar-refractivity contribution is 7.14. The summed E-state index contributed by atoms with van der Waals surface area (Å²) in [4.78, 5) is 23.7. The summed E-state index contributed by atoms with van der Waals surface area (Å²) in [6.45, 7) is 2.89. The molecule has 1 aliphatic rings. The van der Waals surface area contributed by atoms with E-state index in [4.69, 9.17) is 5.11 Å². The SMILES string of the molecule is CCC1(CNC(=O)c2ccc(/C=C/C(=O)O)s2)CC1. The Kier molecular flexibility index (Phi) is 4.04. The largest absolute Gasteiger partial charge is 0.478 e. The Balaban J connectivity index is 1.91. The van der Waals surface area contributed by atoms with Gasteiger partial charge in [0.05, 0.1) is 4.88 Å². The summed E-state index contributed by atoms with van der Waals surface area (Å²) in [7, 11) is 0. The summed E-state index contributed by atoms with van der Waals surface area (Å²) >= 11 is 1.30. The number of carboxylic acids is 1. The number of thiophene rings is 1. The van der Waals surface area contributed by atoms with Gasteiger partial charge in [-0.15, -0.1) is 11.3 Å². The Hall–Kier alpha value is -1.62. The summed E-state index contributed by atoms with van der Waals surface area (Å²) in [6, 6.07) is 3.48. The molecule has 5 heteroatoms. The zero-order valence-corrected chi connectivity index (χ0v) is 11.6. The molecule has 0 aromatic carbocycles. The second kappa shape index (κ2) is 5.57. The van der Waals surface area contributed by atoms with Crippen LogP contribution in [0.4, 0.5) is 0 Å². The predicted octanol–water partition coefficient (Wildman–Crippen LogP) is 2.77. The van der Waals surface area contributed by atoms with Crippen LogP contribution in [0.15, 0.2) is 18.2 Å². The van der Waals surface area contributed by atoms with Crippen molar-refractivity contribution in [2.75, 3.05) is 6.54 Å². The highest BCUT2D eigenvalue weighted by Gasteiger charge is 2.40. The number of amides is 1. The minimum atomic E-state index is -0.988. The van der Waals surface area contributed by atoms with Gasteiger partial charge in [0, 0.05) is 17.5 Å². The molecule has 0 radical (unpaired) electrons. The van der Waals surface area contributed by atoms with E-state index in [-0.39, 0.29) is 5.91 Å². The van der Waals surface area contributed by atoms with Crippen LogP contribution in [0.3, 0.4) is 0 Å². The van der Waals surface area contributed by atoms with Crippen molar-refractivity contribution < 1.29 is 14.7 Å². The van der Waals surface area contributed by atoms with Crippen molar-refractivity contribution in [3.63, 3.8) is 0 Å². The van der Waals surface area contributed by atoms with Gasteiger partial charge in [0.2, 0.25) is 0 Å². The lowest BCUT2D eigenvalue weighted by Gasteiger charge is -2.12. The zero-order valence-electron chi connectivity index (χ0n) is 10.8. The van der Waals surface area contributed by atoms with Crippen molar-refractivity contribution in [3.05, 3.63) is 28.0 Å². The highest BCUT2D eigenvalue weighted by Crippen LogP contribution is 2.47. The molecule has 1 amide bonds. The van der Waals surface area contributed by atoms with E-state index in [2.05, 4.69) is 12.2 Å². The van der Waals surface area contributed by atoms with E-state index in [0.717, 1.165) is 23.9 Å². The molecule has 2 rings (SSSR count). The maximum atomic E-state index is 11.9. The van der Waals surface area contributed by atoms with Gasteiger partial charge in [-0.1, -0.05) is 6.92 Å². The van der Waals surface area contributed by atoms with Gasteiger partial charge in [-0.25, -0.2) is 4.79 Å². The van der Waals surface area contributed by atoms with Crippen molar-refractivity contribution in [2.24, 2.45) is 5.41 Å². The number of rotatable bonds is 6. The smallest absolute Gasteiger partial charge is 0.328 e. The predicted molar refractivity (Wildman–Crippen MR) is 75.3 cm³/mol. The molecule has 0 aliphatic heterocycles. The molecular weight excluding hydrogens is 262 g/mol. The van der Waals surface area contributed by atoms with Crippen LogP contribution in [0, 0.1) is 5.41 Å². The molecule has 1 heterocycles. The maximum absolute atomic E-state index is 11.9. The van der Waals surface area contributed by atoms with Crippen LogP contribution < -0.4 is 5.32 Å². The lowest BCUT2D eigenvalue weighted by atomic mass is 10.0. The first-order valence-corrected chi connectivity index (χ1v) is 7.15. The van der Waals surface area contributed by atoms with Crippen LogP contribution >= 0.6 is 11.3 Å². The lowest BCUT2D eigenvalue weighted by Crippen LogP contribution is -2.29. The third-order valence-corrected chi connectivity index (χ3v) is 4.62. The van der Waals surface area contributed by atoms with Gasteiger partial charge < -0.3 is 10.4 Å². The van der Waals surface area contributed by atoms with Crippen molar-refractivity contribution >= 4 is 29.3 Å². The number of nitrogens with one attached hydrogen (secondary N) is 1. The van der Waals surface area contributed by atoms with Crippen LogP contribution in [-0.2, 0) is 4.79 Å². The van der Waals surface area contributed by atoms with Gasteiger partial charge >= 0.3 is 5.97 Å². The fourth-order valence-electron chi connectivity index (χ4n) is 1.90. The van der Waals surface area contributed by atoms with E-state index in [1.165, 1.54) is 30.3 Å². The van der Waals surface area contributed by atoms with Crippen LogP contribution in [0.2, 0.25) is 0 Å². The van der Waals surface area contributed by atoms with Gasteiger partial charge in [-0.05, 0) is 42.9 Å². The minimum Gasteiger partial charge on any atom is -0.478 e. The summed E-state index contributed by atoms with van der Waals surface area (Å²) in [5.41, 5.74) is 0.332. The molecule has 0 bridgehead atoms. The molecule has 0 unspecified atom stereocenters. The summed E-state index contributed by atoms with van der Waals surface area (Å²) in [5, 5.41) is 11.5. The van der Waals surface area contributed by atoms with E-state index >= 15 is 0 Å². The molecule has 102 valence electrons. The van der Waals surface area contributed by atoms with Crippen LogP contribution in [-0.4, -0.2) is 23.5 Å². The number of hydrogen-bond acceptors (Lipinski definition) is 3. The molecule has 0 atom stereocenters. The van der Waals surface area contributed by atoms with E-state index in [1.807, 2.05) is 0 Å². The molecule has 1 aliphatic carbocycles. The van der Waals surface area contributed by atoms with Gasteiger partial charge in [-0.2, -0.15) is 0 Å². The fourth-order valence-corrected chi connectivity index (χ4v) is 2.73. The lowest BCUT2D eigenvalue weighted by molar-refractivity contribution is -0.131. The Labute approximate surface area is 116 Å². The van der Waals surface area contributed by atoms with E-state index in [1.54, 1.807) is 12.1 Å². The second-order valence-electron chi connectivity index (χ2n) is 4.91. The molecule has 1 saturated carbocycles. The Morgan fingerprint density at radius 1 is 1.47 bits per heavy atom. The van der Waals surface area contributed by atoms with Gasteiger partial charge in [0.25, 0.3) is 5.91 Å². The van der Waals surface area contributed by atoms with Crippen molar-refractivity contribution in [2.45, 2.75) is 26.2 Å². The molecule has 1 aromatic heterocycles. The van der Waals surface area contributed by atoms with Crippen molar-refractivity contribution in [1.29, 1.82) is 0 Å². The van der Waals surface area contributed by atoms with Gasteiger partial charge in [0.1, 0.15) is 0 Å². The first-order chi connectivity index (χ1) is 9.04. The van der Waals surface area contributed by atoms with Crippen molar-refractivity contribution in [1.82, 2.24) is 5.32 Å². The number of carboxylic acid groups (broad SMARTS) is 1. The molecule has 2 N–H and O–H groups in total. The van der Waals surface area contributed by atoms with Crippen LogP contribution in [0.5, 0.6) is 0 Å². The highest BCUT2D eigenvalue weighted by atomic mass is 32.1. The minimum absolute atomic E-state index is 0.0697. The van der Waals surface area contributed by atoms with Crippen LogP contribution in [0.25, 0.3) is 6.08 Å². The zero-order chi connectivity index (χ0) is 13.9. The van der Waals surface area contributed by atoms with E-state index in [9.17, 15) is 9.59 Å². The molecule has 0 saturated heterocycles. The van der Waals surface area contributed by atoms with Gasteiger partial charge in [0.15, 0.2) is 0 Å². The summed E-state index contributed by atoms with van der Waals surface area (Å²) < 4.78 is 0. The standard InChI is InChI=1S/C14H17NO3S/c1-2-14(7-8-14)9-15-13(18)11-5-3-10(19-11)4-6-12(16)17/h3-6H,2,7-9H2,1H3,(H,15,18)(H,16,17)/b6-4+. The Morgan fingerprint density at radius 3 is 2.79 bits per heavy atom. The second-order valence-corrected chi connectivity index (χ2v) is 6.03. The molecule has 1 aromatic rings. The molecule has 0 spiro atoms. The quantitative estimate of drug-likeness (QED) is 0.787. The number of aliphatic carboxylic acids is 1. The number of carbonyl (C=O) groups excluding carboxylic acids is 1. The summed E-state index contributed by atoms with van der Waals surface area (Å²) in [5.74, 6) is -1.06. The fraction of sp³-hybridized carbons (Fsp3) is 0.429. The first-order valence-electron chi connectivity index (χ1n) is 6.34. The van der Waals surface area contributed by atoms with E-state index in [0.29, 0.717) is 10.3 Å². The topological polar surface area (TPSA) is 66.4 Å². The molecule has 4 nitrogen and oxygen atoms in total. The average Bonchev–Trinajstić information content (AvgIpc) is 3.02. The molecule has 1 fully saturated rings. The van der Waals surface area contributed by atoms with E-state index < -0.39 is 5.97 Å². The molecular formula is C14H17NO3S. The third-order valence-electron chi connectivity index (χ3n) is 3.57. The number of hydrogen-bond donors (Lipinski definition) is 2. The van der Waals surface area contributed by atoms with Crippen molar-refractivity contribution in [3.8, 4) is 0 Å². The first kappa shape index (κ1) is 13.8. The maximum Gasteiger partial charge on any atom is 0.328 e.